The van der Waals surface area contributed by atoms with Gasteiger partial charge in [-0.15, -0.1) is 0 Å². The van der Waals surface area contributed by atoms with Crippen molar-refractivity contribution < 1.29 is 9.53 Å². The summed E-state index contributed by atoms with van der Waals surface area (Å²) in [6, 6.07) is 8.75. The van der Waals surface area contributed by atoms with Crippen molar-refractivity contribution in [2.45, 2.75) is 13.0 Å². The lowest BCUT2D eigenvalue weighted by Gasteiger charge is -2.08. The van der Waals surface area contributed by atoms with E-state index in [4.69, 9.17) is 27.9 Å². The number of ether oxygens (including phenoxy) is 1. The summed E-state index contributed by atoms with van der Waals surface area (Å²) in [4.78, 5) is 16.0. The van der Waals surface area contributed by atoms with Gasteiger partial charge in [0.1, 0.15) is 0 Å². The van der Waals surface area contributed by atoms with Gasteiger partial charge in [-0.3, -0.25) is 4.79 Å². The highest BCUT2D eigenvalue weighted by Crippen LogP contribution is 2.24. The summed E-state index contributed by atoms with van der Waals surface area (Å²) in [5.74, 6) is 0.358. The summed E-state index contributed by atoms with van der Waals surface area (Å²) in [7, 11) is 1.55. The highest BCUT2D eigenvalue weighted by atomic mass is 35.5. The molecule has 110 valence electrons. The van der Waals surface area contributed by atoms with Crippen molar-refractivity contribution in [2.24, 2.45) is 0 Å². The fraction of sp³-hybridized carbons (Fsp3) is 0.200. The van der Waals surface area contributed by atoms with Crippen LogP contribution in [-0.4, -0.2) is 18.0 Å². The van der Waals surface area contributed by atoms with Crippen LogP contribution < -0.4 is 10.1 Å². The van der Waals surface area contributed by atoms with Gasteiger partial charge in [0.15, 0.2) is 0 Å². The molecule has 0 unspecified atom stereocenters. The highest BCUT2D eigenvalue weighted by molar-refractivity contribution is 6.36. The lowest BCUT2D eigenvalue weighted by Crippen LogP contribution is -2.24. The van der Waals surface area contributed by atoms with E-state index in [9.17, 15) is 4.79 Å². The normalized spacial score (nSPS) is 10.2. The maximum atomic E-state index is 12.0. The Kier molecular flexibility index (Phi) is 5.42. The number of methoxy groups -OCH3 is 1. The number of nitrogens with zero attached hydrogens (tertiary/aromatic N) is 1. The van der Waals surface area contributed by atoms with Gasteiger partial charge in [-0.05, 0) is 29.3 Å². The minimum absolute atomic E-state index is 0.140. The van der Waals surface area contributed by atoms with Crippen molar-refractivity contribution in [2.75, 3.05) is 7.11 Å². The number of carbonyl (C=O) groups excluding carboxylic acids is 1. The fourth-order valence-corrected chi connectivity index (χ4v) is 2.33. The monoisotopic (exact) mass is 324 g/mol. The summed E-state index contributed by atoms with van der Waals surface area (Å²) >= 11 is 12.1. The highest BCUT2D eigenvalue weighted by Gasteiger charge is 2.10. The summed E-state index contributed by atoms with van der Waals surface area (Å²) in [5, 5.41) is 3.79. The Bertz CT molecular complexity index is 627. The second-order valence-electron chi connectivity index (χ2n) is 4.36. The second-order valence-corrected chi connectivity index (χ2v) is 5.17. The van der Waals surface area contributed by atoms with Crippen molar-refractivity contribution in [3.05, 3.63) is 57.7 Å². The van der Waals surface area contributed by atoms with Gasteiger partial charge in [0.05, 0.1) is 13.5 Å². The predicted molar refractivity (Wildman–Crippen MR) is 82.8 cm³/mol. The number of hydrogen-bond donors (Lipinski definition) is 1. The SMILES string of the molecule is COc1cc(CNC(=O)Cc2c(Cl)cccc2Cl)ccn1. The molecule has 0 aliphatic carbocycles. The third-order valence-corrected chi connectivity index (χ3v) is 3.61. The molecular formula is C15H14Cl2N2O2. The standard InChI is InChI=1S/C15H14Cl2N2O2/c1-21-15-7-10(5-6-18-15)9-19-14(20)8-11-12(16)3-2-4-13(11)17/h2-7H,8-9H2,1H3,(H,19,20). The molecule has 4 nitrogen and oxygen atoms in total. The molecule has 2 aromatic rings. The van der Waals surface area contributed by atoms with Crippen LogP contribution in [0.15, 0.2) is 36.5 Å². The molecule has 0 saturated heterocycles. The van der Waals surface area contributed by atoms with Crippen LogP contribution in [0.3, 0.4) is 0 Å². The summed E-state index contributed by atoms with van der Waals surface area (Å²) in [6.45, 7) is 0.389. The Morgan fingerprint density at radius 3 is 2.67 bits per heavy atom. The molecule has 0 atom stereocenters. The number of aromatic nitrogens is 1. The topological polar surface area (TPSA) is 51.2 Å². The van der Waals surface area contributed by atoms with Crippen molar-refractivity contribution in [3.8, 4) is 5.88 Å². The molecule has 0 spiro atoms. The molecule has 1 heterocycles. The molecule has 0 aliphatic heterocycles. The zero-order valence-corrected chi connectivity index (χ0v) is 12.9. The van der Waals surface area contributed by atoms with Gasteiger partial charge in [-0.2, -0.15) is 0 Å². The number of pyridine rings is 1. The molecule has 0 fully saturated rings. The van der Waals surface area contributed by atoms with Gasteiger partial charge in [0.25, 0.3) is 0 Å². The van der Waals surface area contributed by atoms with Gasteiger partial charge in [-0.25, -0.2) is 4.98 Å². The number of nitrogens with one attached hydrogen (secondary N) is 1. The molecule has 2 rings (SSSR count). The van der Waals surface area contributed by atoms with Crippen LogP contribution in [0.1, 0.15) is 11.1 Å². The Hall–Kier alpha value is -1.78. The Balaban J connectivity index is 1.96. The number of halogens is 2. The Labute approximate surface area is 133 Å². The number of benzene rings is 1. The van der Waals surface area contributed by atoms with E-state index in [-0.39, 0.29) is 12.3 Å². The van der Waals surface area contributed by atoms with Crippen molar-refractivity contribution in [3.63, 3.8) is 0 Å². The predicted octanol–water partition coefficient (Wildman–Crippen LogP) is 3.26. The smallest absolute Gasteiger partial charge is 0.224 e. The average molecular weight is 325 g/mol. The molecule has 21 heavy (non-hydrogen) atoms. The lowest BCUT2D eigenvalue weighted by molar-refractivity contribution is -0.120. The maximum Gasteiger partial charge on any atom is 0.224 e. The van der Waals surface area contributed by atoms with Crippen LogP contribution in [0.4, 0.5) is 0 Å². The minimum atomic E-state index is -0.152. The zero-order valence-electron chi connectivity index (χ0n) is 11.4. The minimum Gasteiger partial charge on any atom is -0.481 e. The van der Waals surface area contributed by atoms with Crippen LogP contribution in [0.2, 0.25) is 10.0 Å². The first-order valence-electron chi connectivity index (χ1n) is 6.28. The first kappa shape index (κ1) is 15.6. The quantitative estimate of drug-likeness (QED) is 0.918. The van der Waals surface area contributed by atoms with E-state index in [0.29, 0.717) is 28.0 Å². The van der Waals surface area contributed by atoms with Gasteiger partial charge in [0, 0.05) is 28.9 Å². The summed E-state index contributed by atoms with van der Waals surface area (Å²) in [5.41, 5.74) is 1.53. The van der Waals surface area contributed by atoms with E-state index >= 15 is 0 Å². The first-order chi connectivity index (χ1) is 10.1. The third kappa shape index (κ3) is 4.34. The molecule has 1 aromatic heterocycles. The molecule has 0 saturated carbocycles. The van der Waals surface area contributed by atoms with Gasteiger partial charge >= 0.3 is 0 Å². The van der Waals surface area contributed by atoms with Crippen LogP contribution in [0, 0.1) is 0 Å². The molecule has 6 heteroatoms. The molecule has 0 radical (unpaired) electrons. The third-order valence-electron chi connectivity index (χ3n) is 2.90. The zero-order chi connectivity index (χ0) is 15.2. The van der Waals surface area contributed by atoms with Gasteiger partial charge in [0.2, 0.25) is 11.8 Å². The van der Waals surface area contributed by atoms with Crippen LogP contribution in [0.25, 0.3) is 0 Å². The lowest BCUT2D eigenvalue weighted by atomic mass is 10.1. The Morgan fingerprint density at radius 1 is 1.29 bits per heavy atom. The molecule has 0 bridgehead atoms. The van der Waals surface area contributed by atoms with Crippen LogP contribution in [0.5, 0.6) is 5.88 Å². The molecule has 0 aliphatic rings. The largest absolute Gasteiger partial charge is 0.481 e. The van der Waals surface area contributed by atoms with Crippen molar-refractivity contribution in [1.29, 1.82) is 0 Å². The van der Waals surface area contributed by atoms with Gasteiger partial charge < -0.3 is 10.1 Å². The first-order valence-corrected chi connectivity index (χ1v) is 7.04. The summed E-state index contributed by atoms with van der Waals surface area (Å²) < 4.78 is 5.03. The van der Waals surface area contributed by atoms with Crippen molar-refractivity contribution >= 4 is 29.1 Å². The number of rotatable bonds is 5. The van der Waals surface area contributed by atoms with Crippen molar-refractivity contribution in [1.82, 2.24) is 10.3 Å². The molecule has 1 N–H and O–H groups in total. The number of carbonyl (C=O) groups is 1. The van der Waals surface area contributed by atoms with E-state index < -0.39 is 0 Å². The van der Waals surface area contributed by atoms with E-state index in [0.717, 1.165) is 5.56 Å². The summed E-state index contributed by atoms with van der Waals surface area (Å²) in [6.07, 6.45) is 1.77. The average Bonchev–Trinajstić information content (AvgIpc) is 2.49. The fourth-order valence-electron chi connectivity index (χ4n) is 1.80. The maximum absolute atomic E-state index is 12.0. The van der Waals surface area contributed by atoms with E-state index in [1.165, 1.54) is 0 Å². The molecular weight excluding hydrogens is 311 g/mol. The van der Waals surface area contributed by atoms with Crippen LogP contribution in [-0.2, 0) is 17.8 Å². The van der Waals surface area contributed by atoms with Gasteiger partial charge in [-0.1, -0.05) is 29.3 Å². The second kappa shape index (κ2) is 7.29. The van der Waals surface area contributed by atoms with E-state index in [1.54, 1.807) is 37.6 Å². The van der Waals surface area contributed by atoms with E-state index in [1.807, 2.05) is 6.07 Å². The molecule has 1 aromatic carbocycles. The Morgan fingerprint density at radius 2 is 2.00 bits per heavy atom. The molecule has 1 amide bonds. The number of hydrogen-bond acceptors (Lipinski definition) is 3. The number of amides is 1. The van der Waals surface area contributed by atoms with E-state index in [2.05, 4.69) is 10.3 Å². The van der Waals surface area contributed by atoms with Crippen LogP contribution >= 0.6 is 23.2 Å².